The maximum Gasteiger partial charge on any atom is 0.319 e. The molecular formula is C13H17NO2. The summed E-state index contributed by atoms with van der Waals surface area (Å²) in [6, 6.07) is 10.8. The van der Waals surface area contributed by atoms with E-state index >= 15 is 0 Å². The predicted octanol–water partition coefficient (Wildman–Crippen LogP) is 1.82. The first-order valence-corrected chi connectivity index (χ1v) is 5.64. The Morgan fingerprint density at radius 2 is 2.06 bits per heavy atom. The Labute approximate surface area is 96.0 Å². The third-order valence-electron chi connectivity index (χ3n) is 2.85. The maximum atomic E-state index is 11.3. The van der Waals surface area contributed by atoms with Gasteiger partial charge in [-0.1, -0.05) is 30.3 Å². The van der Waals surface area contributed by atoms with Crippen molar-refractivity contribution in [1.82, 2.24) is 4.90 Å². The smallest absolute Gasteiger partial charge is 0.319 e. The number of carbonyl (C=O) groups excluding carboxylic acids is 1. The number of hydrogen-bond acceptors (Lipinski definition) is 3. The Morgan fingerprint density at radius 3 is 2.62 bits per heavy atom. The van der Waals surface area contributed by atoms with Crippen LogP contribution in [0.4, 0.5) is 0 Å². The normalized spacial score (nSPS) is 15.1. The number of methoxy groups -OCH3 is 1. The highest BCUT2D eigenvalue weighted by atomic mass is 16.5. The van der Waals surface area contributed by atoms with Crippen LogP contribution in [0.1, 0.15) is 18.4 Å². The molecule has 0 atom stereocenters. The molecule has 0 aliphatic heterocycles. The molecule has 3 nitrogen and oxygen atoms in total. The molecule has 2 rings (SSSR count). The van der Waals surface area contributed by atoms with E-state index in [0.29, 0.717) is 12.6 Å². The molecule has 0 unspecified atom stereocenters. The Hall–Kier alpha value is -1.35. The quantitative estimate of drug-likeness (QED) is 0.707. The molecule has 0 heterocycles. The Bertz CT molecular complexity index is 346. The van der Waals surface area contributed by atoms with Crippen molar-refractivity contribution in [2.45, 2.75) is 25.4 Å². The standard InChI is InChI=1S/C13H17NO2/c1-16-13(15)10-14(12-7-8-12)9-11-5-3-2-4-6-11/h2-6,12H,7-10H2,1H3. The molecule has 1 aromatic rings. The molecule has 0 aromatic heterocycles. The highest BCUT2D eigenvalue weighted by Crippen LogP contribution is 2.28. The maximum absolute atomic E-state index is 11.3. The molecule has 1 saturated carbocycles. The predicted molar refractivity (Wildman–Crippen MR) is 61.9 cm³/mol. The van der Waals surface area contributed by atoms with E-state index < -0.39 is 0 Å². The molecule has 16 heavy (non-hydrogen) atoms. The van der Waals surface area contributed by atoms with Crippen molar-refractivity contribution in [3.8, 4) is 0 Å². The SMILES string of the molecule is COC(=O)CN(Cc1ccccc1)C1CC1. The first-order valence-electron chi connectivity index (χ1n) is 5.64. The zero-order valence-electron chi connectivity index (χ0n) is 9.56. The van der Waals surface area contributed by atoms with Crippen LogP contribution in [0, 0.1) is 0 Å². The summed E-state index contributed by atoms with van der Waals surface area (Å²) in [7, 11) is 1.44. The lowest BCUT2D eigenvalue weighted by molar-refractivity contribution is -0.142. The van der Waals surface area contributed by atoms with E-state index in [1.165, 1.54) is 25.5 Å². The van der Waals surface area contributed by atoms with Crippen LogP contribution in [0.3, 0.4) is 0 Å². The third-order valence-corrected chi connectivity index (χ3v) is 2.85. The van der Waals surface area contributed by atoms with Crippen molar-refractivity contribution in [2.24, 2.45) is 0 Å². The van der Waals surface area contributed by atoms with Crippen molar-refractivity contribution in [1.29, 1.82) is 0 Å². The Balaban J connectivity index is 1.95. The number of carbonyl (C=O) groups is 1. The lowest BCUT2D eigenvalue weighted by Crippen LogP contribution is -2.32. The molecule has 0 bridgehead atoms. The number of benzene rings is 1. The lowest BCUT2D eigenvalue weighted by Gasteiger charge is -2.20. The van der Waals surface area contributed by atoms with Crippen molar-refractivity contribution in [2.75, 3.05) is 13.7 Å². The Morgan fingerprint density at radius 1 is 1.38 bits per heavy atom. The molecule has 0 N–H and O–H groups in total. The molecule has 0 saturated heterocycles. The van der Waals surface area contributed by atoms with Crippen LogP contribution in [0.25, 0.3) is 0 Å². The van der Waals surface area contributed by atoms with Crippen molar-refractivity contribution >= 4 is 5.97 Å². The highest BCUT2D eigenvalue weighted by molar-refractivity contribution is 5.71. The minimum absolute atomic E-state index is 0.150. The first kappa shape index (κ1) is 11.1. The summed E-state index contributed by atoms with van der Waals surface area (Å²) < 4.78 is 4.72. The van der Waals surface area contributed by atoms with Gasteiger partial charge in [0.2, 0.25) is 0 Å². The zero-order valence-corrected chi connectivity index (χ0v) is 9.56. The van der Waals surface area contributed by atoms with E-state index in [1.54, 1.807) is 0 Å². The summed E-state index contributed by atoms with van der Waals surface area (Å²) in [5.74, 6) is -0.150. The zero-order chi connectivity index (χ0) is 11.4. The van der Waals surface area contributed by atoms with Crippen LogP contribution in [0.15, 0.2) is 30.3 Å². The number of ether oxygens (including phenoxy) is 1. The van der Waals surface area contributed by atoms with Gasteiger partial charge in [0.25, 0.3) is 0 Å². The second-order valence-electron chi connectivity index (χ2n) is 4.20. The fourth-order valence-corrected chi connectivity index (χ4v) is 1.80. The van der Waals surface area contributed by atoms with Gasteiger partial charge >= 0.3 is 5.97 Å². The highest BCUT2D eigenvalue weighted by Gasteiger charge is 2.30. The molecule has 3 heteroatoms. The lowest BCUT2D eigenvalue weighted by atomic mass is 10.2. The van der Waals surface area contributed by atoms with Crippen molar-refractivity contribution in [3.63, 3.8) is 0 Å². The summed E-state index contributed by atoms with van der Waals surface area (Å²) >= 11 is 0. The molecule has 0 spiro atoms. The summed E-state index contributed by atoms with van der Waals surface area (Å²) in [5, 5.41) is 0. The molecule has 0 amide bonds. The first-order chi connectivity index (χ1) is 7.79. The monoisotopic (exact) mass is 219 g/mol. The average Bonchev–Trinajstić information content (AvgIpc) is 3.13. The van der Waals surface area contributed by atoms with Gasteiger partial charge in [0, 0.05) is 12.6 Å². The van der Waals surface area contributed by atoms with Crippen LogP contribution in [0.5, 0.6) is 0 Å². The van der Waals surface area contributed by atoms with E-state index in [1.807, 2.05) is 18.2 Å². The van der Waals surface area contributed by atoms with Crippen LogP contribution < -0.4 is 0 Å². The molecule has 1 fully saturated rings. The topological polar surface area (TPSA) is 29.5 Å². The third kappa shape index (κ3) is 3.07. The molecule has 86 valence electrons. The second-order valence-corrected chi connectivity index (χ2v) is 4.20. The van der Waals surface area contributed by atoms with E-state index in [4.69, 9.17) is 4.74 Å². The minimum atomic E-state index is -0.150. The van der Waals surface area contributed by atoms with Gasteiger partial charge in [0.1, 0.15) is 0 Å². The minimum Gasteiger partial charge on any atom is -0.468 e. The number of rotatable bonds is 5. The molecule has 0 radical (unpaired) electrons. The summed E-state index contributed by atoms with van der Waals surface area (Å²) in [6.45, 7) is 1.23. The summed E-state index contributed by atoms with van der Waals surface area (Å²) in [6.07, 6.45) is 2.40. The number of esters is 1. The van der Waals surface area contributed by atoms with Crippen molar-refractivity contribution in [3.05, 3.63) is 35.9 Å². The van der Waals surface area contributed by atoms with E-state index in [9.17, 15) is 4.79 Å². The van der Waals surface area contributed by atoms with Gasteiger partial charge in [-0.3, -0.25) is 9.69 Å². The van der Waals surface area contributed by atoms with Gasteiger partial charge in [-0.25, -0.2) is 0 Å². The van der Waals surface area contributed by atoms with E-state index in [0.717, 1.165) is 6.54 Å². The fraction of sp³-hybridized carbons (Fsp3) is 0.462. The van der Waals surface area contributed by atoms with Crippen molar-refractivity contribution < 1.29 is 9.53 Å². The summed E-state index contributed by atoms with van der Waals surface area (Å²) in [4.78, 5) is 13.5. The second kappa shape index (κ2) is 5.12. The van der Waals surface area contributed by atoms with Gasteiger partial charge in [0.15, 0.2) is 0 Å². The molecule has 1 aliphatic rings. The van der Waals surface area contributed by atoms with Gasteiger partial charge in [-0.05, 0) is 18.4 Å². The van der Waals surface area contributed by atoms with Crippen LogP contribution in [0.2, 0.25) is 0 Å². The largest absolute Gasteiger partial charge is 0.468 e. The van der Waals surface area contributed by atoms with Gasteiger partial charge in [-0.2, -0.15) is 0 Å². The summed E-state index contributed by atoms with van der Waals surface area (Å²) in [5.41, 5.74) is 1.25. The molecule has 1 aliphatic carbocycles. The molecule has 1 aromatic carbocycles. The van der Waals surface area contributed by atoms with Crippen LogP contribution >= 0.6 is 0 Å². The van der Waals surface area contributed by atoms with Gasteiger partial charge in [0.05, 0.1) is 13.7 Å². The Kier molecular flexibility index (Phi) is 3.57. The van der Waals surface area contributed by atoms with Gasteiger partial charge < -0.3 is 4.74 Å². The average molecular weight is 219 g/mol. The van der Waals surface area contributed by atoms with E-state index in [2.05, 4.69) is 17.0 Å². The fourth-order valence-electron chi connectivity index (χ4n) is 1.80. The van der Waals surface area contributed by atoms with Gasteiger partial charge in [-0.15, -0.1) is 0 Å². The molecular weight excluding hydrogens is 202 g/mol. The van der Waals surface area contributed by atoms with E-state index in [-0.39, 0.29) is 5.97 Å². The van der Waals surface area contributed by atoms with Crippen LogP contribution in [-0.2, 0) is 16.1 Å². The van der Waals surface area contributed by atoms with Crippen LogP contribution in [-0.4, -0.2) is 30.6 Å². The number of hydrogen-bond donors (Lipinski definition) is 0. The number of nitrogens with zero attached hydrogens (tertiary/aromatic N) is 1.